The molecular weight excluding hydrogens is 332 g/mol. The smallest absolute Gasteiger partial charge is 0.274 e. The first-order valence-electron chi connectivity index (χ1n) is 8.86. The zero-order chi connectivity index (χ0) is 18.8. The minimum atomic E-state index is -0.202. The molecule has 0 spiro atoms. The zero-order valence-electron chi connectivity index (χ0n) is 15.3. The van der Waals surface area contributed by atoms with Gasteiger partial charge in [-0.3, -0.25) is 19.5 Å². The van der Waals surface area contributed by atoms with Crippen LogP contribution >= 0.6 is 0 Å². The Labute approximate surface area is 152 Å². The third-order valence-corrected chi connectivity index (χ3v) is 4.88. The van der Waals surface area contributed by atoms with Crippen LogP contribution in [0.3, 0.4) is 0 Å². The summed E-state index contributed by atoms with van der Waals surface area (Å²) < 4.78 is 1.47. The molecule has 0 radical (unpaired) electrons. The average Bonchev–Trinajstić information content (AvgIpc) is 2.92. The van der Waals surface area contributed by atoms with Crippen LogP contribution in [0.5, 0.6) is 0 Å². The monoisotopic (exact) mass is 356 g/mol. The number of likely N-dealkylation sites (tertiary alicyclic amines) is 1. The van der Waals surface area contributed by atoms with Gasteiger partial charge >= 0.3 is 0 Å². The summed E-state index contributed by atoms with van der Waals surface area (Å²) in [5.41, 5.74) is 2.60. The number of carbonyl (C=O) groups excluding carboxylic acids is 2. The molecule has 1 atom stereocenters. The van der Waals surface area contributed by atoms with Crippen LogP contribution in [0.1, 0.15) is 41.4 Å². The molecule has 1 fully saturated rings. The third kappa shape index (κ3) is 3.42. The predicted octanol–water partition coefficient (Wildman–Crippen LogP) is 1.39. The number of carbonyl (C=O) groups is 2. The summed E-state index contributed by atoms with van der Waals surface area (Å²) in [4.78, 5) is 38.3. The van der Waals surface area contributed by atoms with Crippen LogP contribution < -0.4 is 10.9 Å². The van der Waals surface area contributed by atoms with E-state index in [0.717, 1.165) is 11.3 Å². The van der Waals surface area contributed by atoms with Crippen LogP contribution in [0.2, 0.25) is 0 Å². The number of H-pyrrole nitrogens is 1. The molecule has 0 saturated carbocycles. The fourth-order valence-corrected chi connectivity index (χ4v) is 3.36. The largest absolute Gasteiger partial charge is 0.348 e. The Hall–Kier alpha value is -2.83. The number of likely N-dealkylation sites (N-methyl/N-ethyl adjacent to an activating group) is 1. The number of rotatable bonds is 4. The minimum absolute atomic E-state index is 0.0593. The molecule has 3 rings (SSSR count). The van der Waals surface area contributed by atoms with E-state index in [-0.39, 0.29) is 23.4 Å². The van der Waals surface area contributed by atoms with Crippen molar-refractivity contribution in [3.05, 3.63) is 51.4 Å². The number of aromatic nitrogens is 2. The van der Waals surface area contributed by atoms with Crippen molar-refractivity contribution in [1.82, 2.24) is 20.0 Å². The van der Waals surface area contributed by atoms with Crippen LogP contribution in [-0.2, 0) is 11.2 Å². The van der Waals surface area contributed by atoms with E-state index in [9.17, 15) is 14.4 Å². The Morgan fingerprint density at radius 2 is 2.12 bits per heavy atom. The summed E-state index contributed by atoms with van der Waals surface area (Å²) in [5, 5.41) is 6.04. The lowest BCUT2D eigenvalue weighted by Gasteiger charge is -2.30. The van der Waals surface area contributed by atoms with Gasteiger partial charge in [0.1, 0.15) is 0 Å². The molecule has 1 saturated heterocycles. The molecule has 7 nitrogen and oxygen atoms in total. The van der Waals surface area contributed by atoms with Gasteiger partial charge in [-0.15, -0.1) is 0 Å². The fourth-order valence-electron chi connectivity index (χ4n) is 3.36. The summed E-state index contributed by atoms with van der Waals surface area (Å²) in [6.07, 6.45) is 1.74. The summed E-state index contributed by atoms with van der Waals surface area (Å²) in [7, 11) is 1.74. The number of benzene rings is 1. The van der Waals surface area contributed by atoms with Crippen LogP contribution in [0, 0.1) is 6.92 Å². The molecule has 1 aromatic heterocycles. The van der Waals surface area contributed by atoms with Crippen molar-refractivity contribution in [2.24, 2.45) is 0 Å². The standard InChI is InChI=1S/C19H24N4O3/c1-4-16-12(2)21-23(19(16)26)15-7-5-6-13(10-15)18(25)20-14-8-9-17(24)22(3)11-14/h5-7,10,14,21H,4,8-9,11H2,1-3H3,(H,20,25)/t14-/m1/s1. The molecule has 0 unspecified atom stereocenters. The minimum Gasteiger partial charge on any atom is -0.348 e. The number of hydrogen-bond donors (Lipinski definition) is 2. The van der Waals surface area contributed by atoms with Gasteiger partial charge in [0.2, 0.25) is 5.91 Å². The van der Waals surface area contributed by atoms with Crippen molar-refractivity contribution in [3.8, 4) is 5.69 Å². The molecule has 2 heterocycles. The summed E-state index contributed by atoms with van der Waals surface area (Å²) in [5.74, 6) is -0.0997. The Morgan fingerprint density at radius 1 is 1.35 bits per heavy atom. The van der Waals surface area contributed by atoms with E-state index in [0.29, 0.717) is 37.1 Å². The second-order valence-electron chi connectivity index (χ2n) is 6.74. The Kier molecular flexibility index (Phi) is 4.97. The van der Waals surface area contributed by atoms with Crippen molar-refractivity contribution in [2.45, 2.75) is 39.2 Å². The number of aromatic amines is 1. The van der Waals surface area contributed by atoms with E-state index in [1.165, 1.54) is 4.68 Å². The van der Waals surface area contributed by atoms with Crippen LogP contribution in [0.25, 0.3) is 5.69 Å². The van der Waals surface area contributed by atoms with Crippen molar-refractivity contribution in [1.29, 1.82) is 0 Å². The first-order chi connectivity index (χ1) is 12.4. The SMILES string of the molecule is CCc1c(C)[nH]n(-c2cccc(C(=O)N[C@@H]3CCC(=O)N(C)C3)c2)c1=O. The Bertz CT molecular complexity index is 896. The van der Waals surface area contributed by atoms with Crippen molar-refractivity contribution in [2.75, 3.05) is 13.6 Å². The number of nitrogens with zero attached hydrogens (tertiary/aromatic N) is 2. The second kappa shape index (κ2) is 7.19. The van der Waals surface area contributed by atoms with Gasteiger partial charge in [0.05, 0.1) is 5.69 Å². The predicted molar refractivity (Wildman–Crippen MR) is 98.6 cm³/mol. The van der Waals surface area contributed by atoms with E-state index >= 15 is 0 Å². The lowest BCUT2D eigenvalue weighted by molar-refractivity contribution is -0.132. The molecule has 26 heavy (non-hydrogen) atoms. The van der Waals surface area contributed by atoms with E-state index < -0.39 is 0 Å². The number of hydrogen-bond acceptors (Lipinski definition) is 3. The van der Waals surface area contributed by atoms with Gasteiger partial charge in [-0.2, -0.15) is 0 Å². The Balaban J connectivity index is 1.80. The maximum Gasteiger partial charge on any atom is 0.274 e. The van der Waals surface area contributed by atoms with Gasteiger partial charge in [-0.1, -0.05) is 13.0 Å². The highest BCUT2D eigenvalue weighted by Crippen LogP contribution is 2.13. The third-order valence-electron chi connectivity index (χ3n) is 4.88. The second-order valence-corrected chi connectivity index (χ2v) is 6.74. The van der Waals surface area contributed by atoms with E-state index in [1.54, 1.807) is 36.2 Å². The normalized spacial score (nSPS) is 17.4. The molecule has 2 aromatic rings. The molecular formula is C19H24N4O3. The molecule has 1 aliphatic rings. The van der Waals surface area contributed by atoms with Crippen LogP contribution in [-0.4, -0.2) is 46.1 Å². The highest BCUT2D eigenvalue weighted by atomic mass is 16.2. The van der Waals surface area contributed by atoms with Crippen molar-refractivity contribution < 1.29 is 9.59 Å². The summed E-state index contributed by atoms with van der Waals surface area (Å²) >= 11 is 0. The molecule has 7 heteroatoms. The molecule has 2 amide bonds. The van der Waals surface area contributed by atoms with Crippen LogP contribution in [0.15, 0.2) is 29.1 Å². The van der Waals surface area contributed by atoms with Gasteiger partial charge in [-0.25, -0.2) is 4.68 Å². The zero-order valence-corrected chi connectivity index (χ0v) is 15.3. The number of amides is 2. The van der Waals surface area contributed by atoms with Gasteiger partial charge < -0.3 is 10.2 Å². The first kappa shape index (κ1) is 18.0. The quantitative estimate of drug-likeness (QED) is 0.868. The number of aryl methyl sites for hydroxylation is 1. The highest BCUT2D eigenvalue weighted by molar-refractivity contribution is 5.95. The summed E-state index contributed by atoms with van der Waals surface area (Å²) in [6.45, 7) is 4.32. The topological polar surface area (TPSA) is 87.2 Å². The van der Waals surface area contributed by atoms with Gasteiger partial charge in [0.25, 0.3) is 11.5 Å². The van der Waals surface area contributed by atoms with E-state index in [4.69, 9.17) is 0 Å². The molecule has 1 aromatic carbocycles. The maximum absolute atomic E-state index is 12.6. The van der Waals surface area contributed by atoms with Gasteiger partial charge in [-0.05, 0) is 38.0 Å². The fraction of sp³-hybridized carbons (Fsp3) is 0.421. The van der Waals surface area contributed by atoms with Crippen LogP contribution in [0.4, 0.5) is 0 Å². The molecule has 138 valence electrons. The van der Waals surface area contributed by atoms with E-state index in [1.807, 2.05) is 13.8 Å². The average molecular weight is 356 g/mol. The van der Waals surface area contributed by atoms with Gasteiger partial charge in [0.15, 0.2) is 0 Å². The lowest BCUT2D eigenvalue weighted by atomic mass is 10.0. The Morgan fingerprint density at radius 3 is 2.77 bits per heavy atom. The maximum atomic E-state index is 12.6. The lowest BCUT2D eigenvalue weighted by Crippen LogP contribution is -2.48. The number of nitrogens with one attached hydrogen (secondary N) is 2. The molecule has 0 aliphatic carbocycles. The molecule has 2 N–H and O–H groups in total. The first-order valence-corrected chi connectivity index (χ1v) is 8.86. The van der Waals surface area contributed by atoms with Crippen molar-refractivity contribution >= 4 is 11.8 Å². The highest BCUT2D eigenvalue weighted by Gasteiger charge is 2.24. The molecule has 0 bridgehead atoms. The summed E-state index contributed by atoms with van der Waals surface area (Å²) in [6, 6.07) is 6.91. The van der Waals surface area contributed by atoms with Crippen molar-refractivity contribution in [3.63, 3.8) is 0 Å². The van der Waals surface area contributed by atoms with E-state index in [2.05, 4.69) is 10.4 Å². The molecule has 1 aliphatic heterocycles. The number of piperidine rings is 1. The van der Waals surface area contributed by atoms with Gasteiger partial charge in [0, 0.05) is 42.9 Å².